The van der Waals surface area contributed by atoms with Gasteiger partial charge in [0, 0.05) is 0 Å². The molecule has 5 nitrogen and oxygen atoms in total. The summed E-state index contributed by atoms with van der Waals surface area (Å²) >= 11 is 0. The lowest BCUT2D eigenvalue weighted by atomic mass is 11.1. The Kier molecular flexibility index (Phi) is 7.65. The summed E-state index contributed by atoms with van der Waals surface area (Å²) in [6.07, 6.45) is 0. The standard InChI is InChI=1S/CH7N5.BrH/c2-1(5-3)6-4;/h3-4H2,(H3,2,5,6);1H. The molecule has 0 aliphatic carbocycles. The molecule has 0 heterocycles. The fraction of sp³-hybridized carbons (Fsp3) is 0. The Morgan fingerprint density at radius 1 is 1.57 bits per heavy atom. The van der Waals surface area contributed by atoms with Crippen LogP contribution in [0.1, 0.15) is 0 Å². The summed E-state index contributed by atoms with van der Waals surface area (Å²) in [5.74, 6) is 9.60. The third-order valence-corrected chi connectivity index (χ3v) is 0.311. The minimum atomic E-state index is 0. The Morgan fingerprint density at radius 3 is 2.00 bits per heavy atom. The van der Waals surface area contributed by atoms with Crippen LogP contribution in [0.25, 0.3) is 0 Å². The number of hydrazone groups is 1. The summed E-state index contributed by atoms with van der Waals surface area (Å²) in [6, 6.07) is 0. The summed E-state index contributed by atoms with van der Waals surface area (Å²) in [7, 11) is 0. The maximum atomic E-state index is 4.92. The molecule has 0 saturated heterocycles. The number of nitrogens with one attached hydrogen (secondary N) is 2. The fourth-order valence-electron chi connectivity index (χ4n) is 0.0417. The number of rotatable bonds is 0. The molecular weight excluding hydrogens is 162 g/mol. The predicted octanol–water partition coefficient (Wildman–Crippen LogP) is -7.28. The minimum absolute atomic E-state index is 0. The van der Waals surface area contributed by atoms with Gasteiger partial charge in [-0.1, -0.05) is 0 Å². The second-order valence-corrected chi connectivity index (χ2v) is 0.702. The van der Waals surface area contributed by atoms with Gasteiger partial charge in [0.15, 0.2) is 0 Å². The highest BCUT2D eigenvalue weighted by Crippen LogP contribution is 1.12. The largest absolute Gasteiger partial charge is 1.00 e. The van der Waals surface area contributed by atoms with E-state index >= 15 is 0 Å². The molecule has 0 atom stereocenters. The molecule has 0 rings (SSSR count). The van der Waals surface area contributed by atoms with Gasteiger partial charge in [0.25, 0.3) is 0 Å². The van der Waals surface area contributed by atoms with Crippen molar-refractivity contribution >= 4 is 5.96 Å². The Labute approximate surface area is 51.7 Å². The molecule has 0 unspecified atom stereocenters. The Morgan fingerprint density at radius 2 is 2.00 bits per heavy atom. The fourth-order valence-corrected chi connectivity index (χ4v) is 0.0417. The molecule has 7 heavy (non-hydrogen) atoms. The highest BCUT2D eigenvalue weighted by atomic mass is 79.9. The van der Waals surface area contributed by atoms with Crippen molar-refractivity contribution < 1.29 is 22.1 Å². The van der Waals surface area contributed by atoms with E-state index in [0.717, 1.165) is 0 Å². The SMILES string of the molecule is NN/C(N)=[NH+]\N.[Br-]. The minimum Gasteiger partial charge on any atom is -1.00 e. The maximum absolute atomic E-state index is 4.92. The molecule has 0 aromatic rings. The molecule has 0 aliphatic rings. The van der Waals surface area contributed by atoms with E-state index in [1.807, 2.05) is 0 Å². The first-order chi connectivity index (χ1) is 2.81. The molecule has 0 amide bonds. The van der Waals surface area contributed by atoms with Crippen LogP contribution in [0, 0.1) is 0 Å². The van der Waals surface area contributed by atoms with E-state index in [1.54, 1.807) is 0 Å². The van der Waals surface area contributed by atoms with Crippen LogP contribution in [0.15, 0.2) is 0 Å². The lowest BCUT2D eigenvalue weighted by molar-refractivity contribution is -0.472. The summed E-state index contributed by atoms with van der Waals surface area (Å²) < 4.78 is 0. The van der Waals surface area contributed by atoms with E-state index in [1.165, 1.54) is 0 Å². The molecule has 0 aromatic heterocycles. The van der Waals surface area contributed by atoms with Crippen molar-refractivity contribution in [3.63, 3.8) is 0 Å². The van der Waals surface area contributed by atoms with Gasteiger partial charge in [-0.25, -0.2) is 5.43 Å². The lowest BCUT2D eigenvalue weighted by Gasteiger charge is -1.81. The molecule has 0 aromatic carbocycles. The number of hydrogen-bond acceptors (Lipinski definition) is 2. The smallest absolute Gasteiger partial charge is 0.379 e. The summed E-state index contributed by atoms with van der Waals surface area (Å²) in [6.45, 7) is 0. The van der Waals surface area contributed by atoms with Gasteiger partial charge in [-0.2, -0.15) is 10.9 Å². The summed E-state index contributed by atoms with van der Waals surface area (Å²) in [4.78, 5) is 0. The molecule has 0 spiro atoms. The van der Waals surface area contributed by atoms with Gasteiger partial charge in [0.1, 0.15) is 0 Å². The molecule has 44 valence electrons. The molecule has 6 heteroatoms. The van der Waals surface area contributed by atoms with Crippen LogP contribution in [0.2, 0.25) is 0 Å². The zero-order valence-corrected chi connectivity index (χ0v) is 5.20. The average Bonchev–Trinajstić information content (AvgIpc) is 1.65. The van der Waals surface area contributed by atoms with Crippen molar-refractivity contribution in [2.24, 2.45) is 17.4 Å². The number of nitrogens with two attached hydrogens (primary N) is 3. The van der Waals surface area contributed by atoms with E-state index < -0.39 is 0 Å². The quantitative estimate of drug-likeness (QED) is 0.108. The van der Waals surface area contributed by atoms with Crippen LogP contribution in [-0.2, 0) is 0 Å². The zero-order chi connectivity index (χ0) is 4.99. The predicted molar refractivity (Wildman–Crippen MR) is 21.7 cm³/mol. The van der Waals surface area contributed by atoms with Crippen LogP contribution >= 0.6 is 0 Å². The van der Waals surface area contributed by atoms with Gasteiger partial charge in [-0.3, -0.25) is 11.6 Å². The monoisotopic (exact) mass is 169 g/mol. The third-order valence-electron chi connectivity index (χ3n) is 0.311. The highest BCUT2D eigenvalue weighted by Gasteiger charge is 1.83. The summed E-state index contributed by atoms with van der Waals surface area (Å²) in [5.41, 5.74) is 6.99. The first-order valence-corrected chi connectivity index (χ1v) is 1.37. The van der Waals surface area contributed by atoms with E-state index in [-0.39, 0.29) is 22.9 Å². The van der Waals surface area contributed by atoms with Crippen LogP contribution in [0.4, 0.5) is 0 Å². The summed E-state index contributed by atoms with van der Waals surface area (Å²) in [5, 5.41) is 2.07. The first-order valence-electron chi connectivity index (χ1n) is 1.37. The van der Waals surface area contributed by atoms with Crippen molar-refractivity contribution in [2.45, 2.75) is 0 Å². The Bertz CT molecular complexity index is 59.1. The van der Waals surface area contributed by atoms with E-state index in [4.69, 9.17) is 17.4 Å². The Hall–Kier alpha value is -0.490. The maximum Gasteiger partial charge on any atom is 0.379 e. The van der Waals surface area contributed by atoms with Crippen LogP contribution in [0.3, 0.4) is 0 Å². The number of halogens is 1. The van der Waals surface area contributed by atoms with Crippen LogP contribution in [0.5, 0.6) is 0 Å². The van der Waals surface area contributed by atoms with Crippen molar-refractivity contribution in [1.82, 2.24) is 5.43 Å². The van der Waals surface area contributed by atoms with Crippen LogP contribution in [-0.4, -0.2) is 5.96 Å². The highest BCUT2D eigenvalue weighted by molar-refractivity contribution is 5.70. The van der Waals surface area contributed by atoms with Crippen molar-refractivity contribution in [1.29, 1.82) is 0 Å². The Balaban J connectivity index is 0. The van der Waals surface area contributed by atoms with Gasteiger partial charge < -0.3 is 17.0 Å². The molecule has 8 N–H and O–H groups in total. The third kappa shape index (κ3) is 5.51. The molecule has 0 fully saturated rings. The van der Waals surface area contributed by atoms with E-state index in [9.17, 15) is 0 Å². The lowest BCUT2D eigenvalue weighted by Crippen LogP contribution is -3.00. The first kappa shape index (κ1) is 9.72. The van der Waals surface area contributed by atoms with Crippen molar-refractivity contribution in [3.8, 4) is 0 Å². The van der Waals surface area contributed by atoms with Gasteiger partial charge in [0.2, 0.25) is 0 Å². The second-order valence-electron chi connectivity index (χ2n) is 0.702. The van der Waals surface area contributed by atoms with E-state index in [2.05, 4.69) is 10.5 Å². The number of guanidine groups is 1. The average molecular weight is 170 g/mol. The zero-order valence-electron chi connectivity index (χ0n) is 3.61. The topological polar surface area (TPSA) is 104 Å². The van der Waals surface area contributed by atoms with Gasteiger partial charge in [0.05, 0.1) is 0 Å². The number of hydrogen-bond donors (Lipinski definition) is 5. The number of hydrazine groups is 2. The van der Waals surface area contributed by atoms with Gasteiger partial charge in [-0.15, -0.1) is 0 Å². The molecular formula is CH8BrN5. The molecule has 0 radical (unpaired) electrons. The van der Waals surface area contributed by atoms with E-state index in [0.29, 0.717) is 0 Å². The molecule has 0 saturated carbocycles. The second kappa shape index (κ2) is 5.51. The van der Waals surface area contributed by atoms with Crippen molar-refractivity contribution in [2.75, 3.05) is 0 Å². The molecule has 0 bridgehead atoms. The van der Waals surface area contributed by atoms with Crippen LogP contribution < -0.4 is 44.9 Å². The van der Waals surface area contributed by atoms with Gasteiger partial charge in [-0.05, 0) is 0 Å². The van der Waals surface area contributed by atoms with Gasteiger partial charge >= 0.3 is 5.96 Å². The van der Waals surface area contributed by atoms with Crippen molar-refractivity contribution in [3.05, 3.63) is 0 Å². The normalized spacial score (nSPS) is 9.57. The molecule has 0 aliphatic heterocycles.